The molecule has 0 amide bonds. The van der Waals surface area contributed by atoms with E-state index in [1.165, 1.54) is 21.9 Å². The van der Waals surface area contributed by atoms with Crippen molar-refractivity contribution in [2.75, 3.05) is 5.32 Å². The Bertz CT molecular complexity index is 1840. The largest absolute Gasteiger partial charge is 0.455 e. The molecule has 170 valence electrons. The number of hydrogen-bond acceptors (Lipinski definition) is 2. The van der Waals surface area contributed by atoms with E-state index in [0.717, 1.165) is 44.4 Å². The smallest absolute Gasteiger partial charge is 0.143 e. The van der Waals surface area contributed by atoms with Gasteiger partial charge in [0, 0.05) is 27.7 Å². The van der Waals surface area contributed by atoms with Crippen LogP contribution in [0.3, 0.4) is 0 Å². The first-order valence-corrected chi connectivity index (χ1v) is 12.2. The lowest BCUT2D eigenvalue weighted by Gasteiger charge is -2.10. The van der Waals surface area contributed by atoms with E-state index in [1.807, 2.05) is 12.1 Å². The van der Waals surface area contributed by atoms with Gasteiger partial charge in [0.15, 0.2) is 0 Å². The summed E-state index contributed by atoms with van der Waals surface area (Å²) in [5.74, 6) is 0. The van der Waals surface area contributed by atoms with E-state index >= 15 is 0 Å². The minimum atomic E-state index is 0.921. The highest BCUT2D eigenvalue weighted by Gasteiger charge is 2.11. The van der Waals surface area contributed by atoms with Crippen LogP contribution in [0.1, 0.15) is 0 Å². The molecule has 6 aromatic carbocycles. The molecular formula is C34H23NO. The topological polar surface area (TPSA) is 25.2 Å². The van der Waals surface area contributed by atoms with Crippen LogP contribution < -0.4 is 5.32 Å². The third kappa shape index (κ3) is 3.52. The molecule has 0 saturated heterocycles. The van der Waals surface area contributed by atoms with Gasteiger partial charge in [-0.05, 0) is 57.8 Å². The quantitative estimate of drug-likeness (QED) is 0.282. The molecule has 0 atom stereocenters. The predicted octanol–water partition coefficient (Wildman–Crippen LogP) is 9.82. The van der Waals surface area contributed by atoms with Crippen molar-refractivity contribution >= 4 is 44.1 Å². The highest BCUT2D eigenvalue weighted by molar-refractivity contribution is 6.09. The molecule has 0 aliphatic heterocycles. The van der Waals surface area contributed by atoms with Crippen LogP contribution in [-0.2, 0) is 0 Å². The number of nitrogens with one attached hydrogen (secondary N) is 1. The molecule has 1 heterocycles. The summed E-state index contributed by atoms with van der Waals surface area (Å²) in [5.41, 5.74) is 8.68. The lowest BCUT2D eigenvalue weighted by atomic mass is 9.98. The van der Waals surface area contributed by atoms with Gasteiger partial charge in [-0.25, -0.2) is 0 Å². The molecular weight excluding hydrogens is 438 g/mol. The highest BCUT2D eigenvalue weighted by Crippen LogP contribution is 2.36. The lowest BCUT2D eigenvalue weighted by Crippen LogP contribution is -1.90. The predicted molar refractivity (Wildman–Crippen MR) is 152 cm³/mol. The molecule has 0 spiro atoms. The van der Waals surface area contributed by atoms with Gasteiger partial charge in [-0.2, -0.15) is 0 Å². The van der Waals surface area contributed by atoms with Gasteiger partial charge in [0.2, 0.25) is 0 Å². The fourth-order valence-electron chi connectivity index (χ4n) is 5.08. The van der Waals surface area contributed by atoms with Crippen LogP contribution in [-0.4, -0.2) is 0 Å². The molecule has 0 fully saturated rings. The van der Waals surface area contributed by atoms with E-state index in [9.17, 15) is 0 Å². The van der Waals surface area contributed by atoms with Gasteiger partial charge in [-0.1, -0.05) is 103 Å². The average molecular weight is 462 g/mol. The number of hydrogen-bond donors (Lipinski definition) is 1. The van der Waals surface area contributed by atoms with Crippen molar-refractivity contribution in [3.8, 4) is 22.3 Å². The maximum Gasteiger partial charge on any atom is 0.143 e. The van der Waals surface area contributed by atoms with Gasteiger partial charge in [-0.15, -0.1) is 0 Å². The normalized spacial score (nSPS) is 11.3. The Morgan fingerprint density at radius 1 is 0.417 bits per heavy atom. The number of benzene rings is 6. The first-order chi connectivity index (χ1) is 17.8. The lowest BCUT2D eigenvalue weighted by molar-refractivity contribution is 0.670. The van der Waals surface area contributed by atoms with E-state index in [1.54, 1.807) is 0 Å². The van der Waals surface area contributed by atoms with Gasteiger partial charge in [0.05, 0.1) is 0 Å². The van der Waals surface area contributed by atoms with E-state index in [-0.39, 0.29) is 0 Å². The second-order valence-corrected chi connectivity index (χ2v) is 9.09. The molecule has 0 aliphatic carbocycles. The number of anilines is 2. The standard InChI is InChI=1S/C34H23NO/c1-2-9-28-23(7-1)8-5-11-29(28)24-15-19-26(20-16-24)35-27-21-17-25(18-22-27)30-12-6-13-32-31-10-3-4-14-33(31)36-34(30)32/h1-22,35H. The van der Waals surface area contributed by atoms with E-state index in [2.05, 4.69) is 127 Å². The van der Waals surface area contributed by atoms with Gasteiger partial charge in [0.1, 0.15) is 11.2 Å². The third-order valence-corrected chi connectivity index (χ3v) is 6.87. The Labute approximate surface area is 209 Å². The summed E-state index contributed by atoms with van der Waals surface area (Å²) in [6, 6.07) is 46.7. The second-order valence-electron chi connectivity index (χ2n) is 9.09. The van der Waals surface area contributed by atoms with E-state index in [4.69, 9.17) is 4.42 Å². The molecule has 1 N–H and O–H groups in total. The van der Waals surface area contributed by atoms with Crippen molar-refractivity contribution in [2.45, 2.75) is 0 Å². The summed E-state index contributed by atoms with van der Waals surface area (Å²) in [5, 5.41) is 8.37. The minimum Gasteiger partial charge on any atom is -0.455 e. The van der Waals surface area contributed by atoms with Crippen molar-refractivity contribution < 1.29 is 4.42 Å². The number of rotatable bonds is 4. The van der Waals surface area contributed by atoms with Crippen LogP contribution in [0.2, 0.25) is 0 Å². The zero-order valence-corrected chi connectivity index (χ0v) is 19.6. The summed E-state index contributed by atoms with van der Waals surface area (Å²) in [6.45, 7) is 0. The maximum absolute atomic E-state index is 6.22. The molecule has 0 aliphatic rings. The van der Waals surface area contributed by atoms with Crippen LogP contribution in [0.4, 0.5) is 11.4 Å². The summed E-state index contributed by atoms with van der Waals surface area (Å²) in [7, 11) is 0. The fourth-order valence-corrected chi connectivity index (χ4v) is 5.08. The number of fused-ring (bicyclic) bond motifs is 4. The SMILES string of the molecule is c1ccc2c(-c3ccc(Nc4ccc(-c5cccc6c5oc5ccccc56)cc4)cc3)cccc2c1. The second kappa shape index (κ2) is 8.44. The van der Waals surface area contributed by atoms with Crippen LogP contribution in [0.5, 0.6) is 0 Å². The Morgan fingerprint density at radius 2 is 0.972 bits per heavy atom. The van der Waals surface area contributed by atoms with Crippen molar-refractivity contribution in [3.05, 3.63) is 133 Å². The van der Waals surface area contributed by atoms with Crippen LogP contribution >= 0.6 is 0 Å². The number of furan rings is 1. The van der Waals surface area contributed by atoms with E-state index in [0.29, 0.717) is 0 Å². The molecule has 0 saturated carbocycles. The average Bonchev–Trinajstić information content (AvgIpc) is 3.33. The van der Waals surface area contributed by atoms with Crippen LogP contribution in [0.15, 0.2) is 138 Å². The molecule has 0 bridgehead atoms. The minimum absolute atomic E-state index is 0.921. The molecule has 1 aromatic heterocycles. The van der Waals surface area contributed by atoms with Crippen LogP contribution in [0.25, 0.3) is 55.0 Å². The molecule has 7 rings (SSSR count). The molecule has 0 radical (unpaired) electrons. The zero-order chi connectivity index (χ0) is 23.9. The van der Waals surface area contributed by atoms with Crippen LogP contribution in [0, 0.1) is 0 Å². The van der Waals surface area contributed by atoms with Gasteiger partial charge < -0.3 is 9.73 Å². The van der Waals surface area contributed by atoms with Crippen molar-refractivity contribution in [2.24, 2.45) is 0 Å². The first kappa shape index (κ1) is 20.5. The Kier molecular flexibility index (Phi) is 4.82. The molecule has 0 unspecified atom stereocenters. The van der Waals surface area contributed by atoms with Crippen molar-refractivity contribution in [1.82, 2.24) is 0 Å². The summed E-state index contributed by atoms with van der Waals surface area (Å²) < 4.78 is 6.22. The van der Waals surface area contributed by atoms with Gasteiger partial charge in [-0.3, -0.25) is 0 Å². The Balaban J connectivity index is 1.16. The van der Waals surface area contributed by atoms with Gasteiger partial charge in [0.25, 0.3) is 0 Å². The first-order valence-electron chi connectivity index (χ1n) is 12.2. The third-order valence-electron chi connectivity index (χ3n) is 6.87. The highest BCUT2D eigenvalue weighted by atomic mass is 16.3. The fraction of sp³-hybridized carbons (Fsp3) is 0. The van der Waals surface area contributed by atoms with Crippen molar-refractivity contribution in [3.63, 3.8) is 0 Å². The number of para-hydroxylation sites is 2. The summed E-state index contributed by atoms with van der Waals surface area (Å²) in [4.78, 5) is 0. The zero-order valence-electron chi connectivity index (χ0n) is 19.6. The monoisotopic (exact) mass is 461 g/mol. The van der Waals surface area contributed by atoms with Crippen molar-refractivity contribution in [1.29, 1.82) is 0 Å². The Morgan fingerprint density at radius 3 is 1.75 bits per heavy atom. The molecule has 36 heavy (non-hydrogen) atoms. The maximum atomic E-state index is 6.22. The summed E-state index contributed by atoms with van der Waals surface area (Å²) in [6.07, 6.45) is 0. The summed E-state index contributed by atoms with van der Waals surface area (Å²) >= 11 is 0. The van der Waals surface area contributed by atoms with Gasteiger partial charge >= 0.3 is 0 Å². The molecule has 2 heteroatoms. The molecule has 2 nitrogen and oxygen atoms in total. The Hall–Kier alpha value is -4.82. The van der Waals surface area contributed by atoms with E-state index < -0.39 is 0 Å². The molecule has 7 aromatic rings.